The van der Waals surface area contributed by atoms with Gasteiger partial charge in [-0.25, -0.2) is 0 Å². The monoisotopic (exact) mass is 508 g/mol. The Balaban J connectivity index is 0.00000392. The molecule has 2 aromatic rings. The number of nitrogens with zero attached hydrogens (tertiary/aromatic N) is 2. The molecule has 0 aliphatic carbocycles. The number of alkyl halides is 3. The molecule has 2 aromatic carbocycles. The Hall–Kier alpha value is -2.01. The first kappa shape index (κ1) is 24.0. The summed E-state index contributed by atoms with van der Waals surface area (Å²) < 4.78 is 41.2. The number of nitrogens with two attached hydrogens (primary N) is 1. The summed E-state index contributed by atoms with van der Waals surface area (Å²) in [4.78, 5) is 6.32. The highest BCUT2D eigenvalue weighted by atomic mass is 127. The van der Waals surface area contributed by atoms with Gasteiger partial charge in [0.1, 0.15) is 0 Å². The van der Waals surface area contributed by atoms with E-state index in [4.69, 9.17) is 5.73 Å². The van der Waals surface area contributed by atoms with Crippen molar-refractivity contribution < 1.29 is 17.9 Å². The van der Waals surface area contributed by atoms with Gasteiger partial charge >= 0.3 is 6.36 Å². The number of halogens is 4. The topological polar surface area (TPSA) is 62.9 Å². The van der Waals surface area contributed by atoms with Gasteiger partial charge in [0.05, 0.1) is 5.69 Å². The quantitative estimate of drug-likeness (QED) is 0.240. The Bertz CT molecular complexity index is 741. The lowest BCUT2D eigenvalue weighted by molar-refractivity contribution is -0.274. The lowest BCUT2D eigenvalue weighted by atomic mass is 10.2. The molecule has 0 saturated heterocycles. The highest BCUT2D eigenvalue weighted by Crippen LogP contribution is 2.29. The second kappa shape index (κ2) is 11.7. The van der Waals surface area contributed by atoms with Crippen LogP contribution in [0.5, 0.6) is 5.75 Å². The molecule has 28 heavy (non-hydrogen) atoms. The average Bonchev–Trinajstić information content (AvgIpc) is 2.60. The van der Waals surface area contributed by atoms with E-state index in [0.717, 1.165) is 19.5 Å². The molecule has 0 aromatic heterocycles. The summed E-state index contributed by atoms with van der Waals surface area (Å²) in [6.07, 6.45) is -4.00. The van der Waals surface area contributed by atoms with Gasteiger partial charge < -0.3 is 20.7 Å². The van der Waals surface area contributed by atoms with E-state index >= 15 is 0 Å². The predicted molar refractivity (Wildman–Crippen MR) is 116 cm³/mol. The van der Waals surface area contributed by atoms with Crippen LogP contribution < -0.4 is 15.8 Å². The maximum absolute atomic E-state index is 12.4. The molecule has 0 bridgehead atoms. The SMILES string of the molecule is CN(CCCN=C(N)Nc1ccccc1OC(F)(F)F)Cc1ccccc1.I. The summed E-state index contributed by atoms with van der Waals surface area (Å²) in [5, 5.41) is 2.65. The summed E-state index contributed by atoms with van der Waals surface area (Å²) >= 11 is 0. The zero-order valence-corrected chi connectivity index (χ0v) is 17.8. The molecule has 3 N–H and O–H groups in total. The Kier molecular flexibility index (Phi) is 10.1. The number of guanidine groups is 1. The van der Waals surface area contributed by atoms with E-state index in [-0.39, 0.29) is 41.4 Å². The second-order valence-electron chi connectivity index (χ2n) is 6.01. The van der Waals surface area contributed by atoms with Crippen LogP contribution in [-0.2, 0) is 6.54 Å². The van der Waals surface area contributed by atoms with Crippen LogP contribution in [0.1, 0.15) is 12.0 Å². The molecule has 0 radical (unpaired) electrons. The van der Waals surface area contributed by atoms with Crippen LogP contribution >= 0.6 is 24.0 Å². The van der Waals surface area contributed by atoms with Crippen molar-refractivity contribution in [3.05, 3.63) is 60.2 Å². The van der Waals surface area contributed by atoms with Gasteiger partial charge in [0.2, 0.25) is 0 Å². The molecule has 0 atom stereocenters. The van der Waals surface area contributed by atoms with Crippen molar-refractivity contribution >= 4 is 35.6 Å². The first-order chi connectivity index (χ1) is 12.8. The molecule has 0 spiro atoms. The van der Waals surface area contributed by atoms with Crippen molar-refractivity contribution in [2.45, 2.75) is 19.3 Å². The number of anilines is 1. The van der Waals surface area contributed by atoms with E-state index in [2.05, 4.69) is 32.1 Å². The number of hydrogen-bond acceptors (Lipinski definition) is 3. The number of benzene rings is 2. The normalized spacial score (nSPS) is 11.8. The van der Waals surface area contributed by atoms with E-state index in [1.165, 1.54) is 23.8 Å². The van der Waals surface area contributed by atoms with Gasteiger partial charge in [-0.2, -0.15) is 0 Å². The minimum absolute atomic E-state index is 0. The molecule has 9 heteroatoms. The van der Waals surface area contributed by atoms with E-state index in [1.807, 2.05) is 25.2 Å². The van der Waals surface area contributed by atoms with Crippen LogP contribution in [0.25, 0.3) is 0 Å². The lowest BCUT2D eigenvalue weighted by Crippen LogP contribution is -2.25. The van der Waals surface area contributed by atoms with E-state index in [0.29, 0.717) is 6.54 Å². The molecule has 0 fully saturated rings. The van der Waals surface area contributed by atoms with Crippen LogP contribution in [0.2, 0.25) is 0 Å². The van der Waals surface area contributed by atoms with Crippen LogP contribution in [-0.4, -0.2) is 37.4 Å². The van der Waals surface area contributed by atoms with E-state index < -0.39 is 6.36 Å². The molecule has 5 nitrogen and oxygen atoms in total. The van der Waals surface area contributed by atoms with E-state index in [1.54, 1.807) is 6.07 Å². The largest absolute Gasteiger partial charge is 0.573 e. The van der Waals surface area contributed by atoms with Gasteiger partial charge in [0.15, 0.2) is 11.7 Å². The zero-order valence-electron chi connectivity index (χ0n) is 15.4. The van der Waals surface area contributed by atoms with Crippen molar-refractivity contribution in [2.75, 3.05) is 25.5 Å². The molecule has 0 heterocycles. The molecule has 0 saturated carbocycles. The Morgan fingerprint density at radius 1 is 1.11 bits per heavy atom. The summed E-state index contributed by atoms with van der Waals surface area (Å²) in [7, 11) is 2.02. The van der Waals surface area contributed by atoms with Gasteiger partial charge in [-0.15, -0.1) is 37.1 Å². The van der Waals surface area contributed by atoms with Crippen molar-refractivity contribution in [3.8, 4) is 5.75 Å². The molecule has 0 aliphatic rings. The first-order valence-corrected chi connectivity index (χ1v) is 8.47. The Labute approximate surface area is 179 Å². The highest BCUT2D eigenvalue weighted by Gasteiger charge is 2.32. The Morgan fingerprint density at radius 3 is 2.43 bits per heavy atom. The van der Waals surface area contributed by atoms with Crippen LogP contribution in [0.4, 0.5) is 18.9 Å². The van der Waals surface area contributed by atoms with Crippen molar-refractivity contribution in [1.29, 1.82) is 0 Å². The molecular formula is C19H24F3IN4O. The van der Waals surface area contributed by atoms with E-state index in [9.17, 15) is 13.2 Å². The average molecular weight is 508 g/mol. The molecular weight excluding hydrogens is 484 g/mol. The third kappa shape index (κ3) is 9.27. The predicted octanol–water partition coefficient (Wildman–Crippen LogP) is 4.45. The second-order valence-corrected chi connectivity index (χ2v) is 6.01. The lowest BCUT2D eigenvalue weighted by Gasteiger charge is -2.16. The summed E-state index contributed by atoms with van der Waals surface area (Å²) in [5.74, 6) is -0.315. The minimum Gasteiger partial charge on any atom is -0.404 e. The maximum atomic E-state index is 12.4. The van der Waals surface area contributed by atoms with Crippen molar-refractivity contribution in [3.63, 3.8) is 0 Å². The Morgan fingerprint density at radius 2 is 1.75 bits per heavy atom. The summed E-state index contributed by atoms with van der Waals surface area (Å²) in [6, 6.07) is 15.8. The molecule has 0 aliphatic heterocycles. The number of aliphatic imine (C=N–C) groups is 1. The van der Waals surface area contributed by atoms with Crippen molar-refractivity contribution in [2.24, 2.45) is 10.7 Å². The number of ether oxygens (including phenoxy) is 1. The fourth-order valence-electron chi connectivity index (χ4n) is 2.48. The van der Waals surface area contributed by atoms with Crippen LogP contribution in [0.15, 0.2) is 59.6 Å². The third-order valence-electron chi connectivity index (χ3n) is 3.65. The molecule has 0 amide bonds. The molecule has 154 valence electrons. The smallest absolute Gasteiger partial charge is 0.404 e. The van der Waals surface area contributed by atoms with Gasteiger partial charge in [-0.05, 0) is 37.7 Å². The van der Waals surface area contributed by atoms with Gasteiger partial charge in [-0.3, -0.25) is 4.99 Å². The fourth-order valence-corrected chi connectivity index (χ4v) is 2.48. The minimum atomic E-state index is -4.77. The van der Waals surface area contributed by atoms with Gasteiger partial charge in [0, 0.05) is 13.1 Å². The van der Waals surface area contributed by atoms with Gasteiger partial charge in [0.25, 0.3) is 0 Å². The summed E-state index contributed by atoms with van der Waals surface area (Å²) in [6.45, 7) is 2.11. The standard InChI is InChI=1S/C19H23F3N4O.HI/c1-26(14-15-8-3-2-4-9-15)13-7-12-24-18(23)25-16-10-5-6-11-17(16)27-19(20,21)22;/h2-6,8-11H,7,12-14H2,1H3,(H3,23,24,25);1H. The van der Waals surface area contributed by atoms with Crippen molar-refractivity contribution in [1.82, 2.24) is 4.90 Å². The number of para-hydroxylation sites is 2. The molecule has 0 unspecified atom stereocenters. The number of hydrogen-bond donors (Lipinski definition) is 2. The van der Waals surface area contributed by atoms with Crippen LogP contribution in [0, 0.1) is 0 Å². The number of nitrogens with one attached hydrogen (secondary N) is 1. The first-order valence-electron chi connectivity index (χ1n) is 8.47. The zero-order chi connectivity index (χ0) is 19.7. The maximum Gasteiger partial charge on any atom is 0.573 e. The fraction of sp³-hybridized carbons (Fsp3) is 0.316. The molecule has 2 rings (SSSR count). The van der Waals surface area contributed by atoms with Crippen LogP contribution in [0.3, 0.4) is 0 Å². The third-order valence-corrected chi connectivity index (χ3v) is 3.65. The highest BCUT2D eigenvalue weighted by molar-refractivity contribution is 14.0. The summed E-state index contributed by atoms with van der Waals surface area (Å²) in [5.41, 5.74) is 7.10. The van der Waals surface area contributed by atoms with Gasteiger partial charge in [-0.1, -0.05) is 42.5 Å². The number of rotatable bonds is 8.